The largest absolute Gasteiger partial charge is 0.497 e. The third kappa shape index (κ3) is 5.29. The molecule has 31 heavy (non-hydrogen) atoms. The summed E-state index contributed by atoms with van der Waals surface area (Å²) in [6, 6.07) is 9.64. The lowest BCUT2D eigenvalue weighted by molar-refractivity contribution is -0.0437. The minimum atomic E-state index is -5.38. The number of pyridine rings is 1. The summed E-state index contributed by atoms with van der Waals surface area (Å²) < 4.78 is 60.9. The monoisotopic (exact) mass is 465 g/mol. The van der Waals surface area contributed by atoms with E-state index in [1.807, 2.05) is 12.1 Å². The maximum absolute atomic E-state index is 12.7. The summed E-state index contributed by atoms with van der Waals surface area (Å²) in [5.74, 6) is -0.823. The highest BCUT2D eigenvalue weighted by Crippen LogP contribution is 2.32. The van der Waals surface area contributed by atoms with Crippen molar-refractivity contribution in [2.24, 2.45) is 5.92 Å². The first kappa shape index (κ1) is 22.9. The van der Waals surface area contributed by atoms with Crippen LogP contribution in [0.2, 0.25) is 0 Å². The predicted octanol–water partition coefficient (Wildman–Crippen LogP) is 5.38. The fourth-order valence-electron chi connectivity index (χ4n) is 2.93. The van der Waals surface area contributed by atoms with E-state index in [0.29, 0.717) is 17.2 Å². The van der Waals surface area contributed by atoms with E-state index in [9.17, 15) is 26.9 Å². The number of thiazole rings is 1. The maximum atomic E-state index is 12.7. The highest BCUT2D eigenvalue weighted by molar-refractivity contribution is 7.91. The van der Waals surface area contributed by atoms with Gasteiger partial charge in [0.25, 0.3) is 9.84 Å². The van der Waals surface area contributed by atoms with Gasteiger partial charge in [-0.05, 0) is 36.1 Å². The van der Waals surface area contributed by atoms with E-state index < -0.39 is 21.1 Å². The number of alkyl halides is 3. The predicted molar refractivity (Wildman–Crippen MR) is 113 cm³/mol. The van der Waals surface area contributed by atoms with Gasteiger partial charge in [0.1, 0.15) is 5.01 Å². The second kappa shape index (κ2) is 8.77. The second-order valence-electron chi connectivity index (χ2n) is 7.36. The lowest BCUT2D eigenvalue weighted by atomic mass is 10.0. The van der Waals surface area contributed by atoms with E-state index in [-0.39, 0.29) is 11.1 Å². The van der Waals surface area contributed by atoms with Gasteiger partial charge in [-0.15, -0.1) is 11.3 Å². The van der Waals surface area contributed by atoms with Crippen molar-refractivity contribution in [3.63, 3.8) is 0 Å². The van der Waals surface area contributed by atoms with E-state index in [1.165, 1.54) is 29.5 Å². The fourth-order valence-corrected chi connectivity index (χ4v) is 4.58. The van der Waals surface area contributed by atoms with Gasteiger partial charge in [0, 0.05) is 28.4 Å². The fraction of sp³-hybridized carbons (Fsp3) is 0.286. The van der Waals surface area contributed by atoms with Crippen LogP contribution in [0.15, 0.2) is 41.9 Å². The van der Waals surface area contributed by atoms with Crippen LogP contribution in [0.1, 0.15) is 30.7 Å². The van der Waals surface area contributed by atoms with Gasteiger partial charge >= 0.3 is 5.51 Å². The molecule has 0 atom stereocenters. The molecule has 5 nitrogen and oxygen atoms in total. The Morgan fingerprint density at radius 1 is 1.16 bits per heavy atom. The number of hydrogen-bond donors (Lipinski definition) is 0. The van der Waals surface area contributed by atoms with Crippen molar-refractivity contribution in [3.05, 3.63) is 58.7 Å². The summed E-state index contributed by atoms with van der Waals surface area (Å²) >= 11 is 1.39. The third-order valence-corrected chi connectivity index (χ3v) is 6.70. The number of nitriles is 1. The number of rotatable bonds is 6. The molecule has 0 radical (unpaired) electrons. The summed E-state index contributed by atoms with van der Waals surface area (Å²) in [5.41, 5.74) is -2.80. The van der Waals surface area contributed by atoms with E-state index >= 15 is 0 Å². The summed E-state index contributed by atoms with van der Waals surface area (Å²) in [5, 5.41) is 11.8. The van der Waals surface area contributed by atoms with E-state index in [2.05, 4.69) is 23.8 Å². The van der Waals surface area contributed by atoms with Crippen LogP contribution in [-0.2, 0) is 22.0 Å². The number of nitrogens with zero attached hydrogens (tertiary/aromatic N) is 3. The second-order valence-corrected chi connectivity index (χ2v) is 10.2. The van der Waals surface area contributed by atoms with Crippen LogP contribution in [0, 0.1) is 17.2 Å². The molecule has 3 aromatic rings. The Morgan fingerprint density at radius 2 is 1.90 bits per heavy atom. The topological polar surface area (TPSA) is 83.7 Å². The molecule has 0 bridgehead atoms. The molecular weight excluding hydrogens is 447 g/mol. The molecule has 0 spiro atoms. The van der Waals surface area contributed by atoms with Crippen LogP contribution in [0.4, 0.5) is 13.2 Å². The molecular formula is C21H18F3N3O2S2. The van der Waals surface area contributed by atoms with Crippen molar-refractivity contribution in [2.45, 2.75) is 31.5 Å². The molecule has 0 aliphatic heterocycles. The summed E-state index contributed by atoms with van der Waals surface area (Å²) in [7, 11) is -5.38. The minimum Gasteiger partial charge on any atom is -0.261 e. The number of benzene rings is 1. The van der Waals surface area contributed by atoms with Gasteiger partial charge < -0.3 is 0 Å². The first-order chi connectivity index (χ1) is 14.5. The van der Waals surface area contributed by atoms with Crippen molar-refractivity contribution in [1.82, 2.24) is 9.97 Å². The molecule has 2 heterocycles. The van der Waals surface area contributed by atoms with Gasteiger partial charge in [0.2, 0.25) is 0 Å². The maximum Gasteiger partial charge on any atom is 0.497 e. The minimum absolute atomic E-state index is 0.136. The molecule has 0 N–H and O–H groups in total. The summed E-state index contributed by atoms with van der Waals surface area (Å²) in [4.78, 5) is 8.93. The number of halogens is 3. The molecule has 0 aliphatic carbocycles. The third-order valence-electron chi connectivity index (χ3n) is 4.41. The quantitative estimate of drug-likeness (QED) is 0.488. The number of hydrogen-bond acceptors (Lipinski definition) is 6. The average molecular weight is 466 g/mol. The van der Waals surface area contributed by atoms with Gasteiger partial charge in [0.05, 0.1) is 23.1 Å². The van der Waals surface area contributed by atoms with Crippen LogP contribution in [0.25, 0.3) is 21.8 Å². The van der Waals surface area contributed by atoms with Gasteiger partial charge in [0.15, 0.2) is 0 Å². The van der Waals surface area contributed by atoms with E-state index in [4.69, 9.17) is 0 Å². The first-order valence-electron chi connectivity index (χ1n) is 9.23. The van der Waals surface area contributed by atoms with Crippen molar-refractivity contribution in [2.75, 3.05) is 0 Å². The standard InChI is InChI=1S/C21H18F3N3O2S2/c1-13(2)7-18-9-15(5-6-26-18)20-27-19(11-30-20)14-3-4-16(17(8-14)10-25)12-31(28,29)21(22,23)24/h3-6,8-9,11,13H,7,12H2,1-2H3. The molecule has 0 unspecified atom stereocenters. The highest BCUT2D eigenvalue weighted by Gasteiger charge is 2.45. The van der Waals surface area contributed by atoms with E-state index in [0.717, 1.165) is 22.7 Å². The highest BCUT2D eigenvalue weighted by atomic mass is 32.2. The van der Waals surface area contributed by atoms with E-state index in [1.54, 1.807) is 17.6 Å². The van der Waals surface area contributed by atoms with Crippen LogP contribution < -0.4 is 0 Å². The Morgan fingerprint density at radius 3 is 2.55 bits per heavy atom. The Kier molecular flexibility index (Phi) is 6.48. The molecule has 0 amide bonds. The van der Waals surface area contributed by atoms with Crippen LogP contribution >= 0.6 is 11.3 Å². The summed E-state index contributed by atoms with van der Waals surface area (Å²) in [6.07, 6.45) is 2.55. The molecule has 10 heteroatoms. The van der Waals surface area contributed by atoms with Gasteiger partial charge in [-0.1, -0.05) is 26.0 Å². The molecule has 3 rings (SSSR count). The number of aromatic nitrogens is 2. The smallest absolute Gasteiger partial charge is 0.261 e. The lowest BCUT2D eigenvalue weighted by Gasteiger charge is -2.10. The SMILES string of the molecule is CC(C)Cc1cc(-c2nc(-c3ccc(CS(=O)(=O)C(F)(F)F)c(C#N)c3)cs2)ccn1. The normalized spacial score (nSPS) is 12.2. The van der Waals surface area contributed by atoms with Gasteiger partial charge in [-0.3, -0.25) is 4.98 Å². The Balaban J connectivity index is 1.90. The Labute approximate surface area is 182 Å². The van der Waals surface area contributed by atoms with Crippen molar-refractivity contribution in [1.29, 1.82) is 5.26 Å². The number of sulfone groups is 1. The van der Waals surface area contributed by atoms with Crippen LogP contribution in [0.5, 0.6) is 0 Å². The molecule has 0 saturated heterocycles. The zero-order valence-electron chi connectivity index (χ0n) is 16.6. The Hall–Kier alpha value is -2.77. The average Bonchev–Trinajstić information content (AvgIpc) is 3.17. The van der Waals surface area contributed by atoms with Crippen LogP contribution in [-0.4, -0.2) is 23.9 Å². The van der Waals surface area contributed by atoms with Crippen molar-refractivity contribution < 1.29 is 21.6 Å². The summed E-state index contributed by atoms with van der Waals surface area (Å²) in [6.45, 7) is 4.21. The molecule has 162 valence electrons. The van der Waals surface area contributed by atoms with Gasteiger partial charge in [-0.25, -0.2) is 13.4 Å². The van der Waals surface area contributed by atoms with Crippen LogP contribution in [0.3, 0.4) is 0 Å². The molecule has 0 aliphatic rings. The molecule has 1 aromatic carbocycles. The molecule has 0 saturated carbocycles. The Bertz CT molecular complexity index is 1240. The lowest BCUT2D eigenvalue weighted by Crippen LogP contribution is -2.25. The first-order valence-corrected chi connectivity index (χ1v) is 11.8. The van der Waals surface area contributed by atoms with Crippen molar-refractivity contribution >= 4 is 21.2 Å². The van der Waals surface area contributed by atoms with Crippen molar-refractivity contribution in [3.8, 4) is 27.9 Å². The zero-order valence-corrected chi connectivity index (χ0v) is 18.3. The van der Waals surface area contributed by atoms with Gasteiger partial charge in [-0.2, -0.15) is 18.4 Å². The zero-order chi connectivity index (χ0) is 22.8. The molecule has 0 fully saturated rings. The molecule has 2 aromatic heterocycles.